The number of aromatic carboxylic acids is 1. The lowest BCUT2D eigenvalue weighted by atomic mass is 10.1. The number of aromatic amines is 1. The molecular weight excluding hydrogens is 266 g/mol. The monoisotopic (exact) mass is 281 g/mol. The largest absolute Gasteiger partial charge is 0.489 e. The molecule has 0 saturated heterocycles. The third kappa shape index (κ3) is 2.60. The van der Waals surface area contributed by atoms with Crippen molar-refractivity contribution >= 4 is 16.9 Å². The number of hydrogen-bond acceptors (Lipinski definition) is 2. The summed E-state index contributed by atoms with van der Waals surface area (Å²) in [6.07, 6.45) is 0. The predicted octanol–water partition coefficient (Wildman–Crippen LogP) is 3.75. The minimum absolute atomic E-state index is 0.227. The van der Waals surface area contributed by atoms with Gasteiger partial charge >= 0.3 is 5.97 Å². The van der Waals surface area contributed by atoms with E-state index >= 15 is 0 Å². The fourth-order valence-corrected chi connectivity index (χ4v) is 2.35. The molecular formula is C17H15NO3. The number of carbonyl (C=O) groups is 1. The number of carboxylic acids is 1. The SMILES string of the molecule is Cc1c(C(=O)O)[nH]c2ccc(OCc3ccccc3)cc12. The predicted molar refractivity (Wildman–Crippen MR) is 80.8 cm³/mol. The Morgan fingerprint density at radius 2 is 1.95 bits per heavy atom. The van der Waals surface area contributed by atoms with E-state index < -0.39 is 5.97 Å². The molecule has 3 rings (SSSR count). The highest BCUT2D eigenvalue weighted by Gasteiger charge is 2.13. The average molecular weight is 281 g/mol. The second-order valence-corrected chi connectivity index (χ2v) is 4.91. The molecule has 2 aromatic carbocycles. The molecule has 1 heterocycles. The van der Waals surface area contributed by atoms with Crippen LogP contribution in [0.2, 0.25) is 0 Å². The van der Waals surface area contributed by atoms with Crippen molar-refractivity contribution in [2.75, 3.05) is 0 Å². The molecule has 2 N–H and O–H groups in total. The van der Waals surface area contributed by atoms with Crippen LogP contribution in [0.15, 0.2) is 48.5 Å². The van der Waals surface area contributed by atoms with E-state index in [-0.39, 0.29) is 5.69 Å². The lowest BCUT2D eigenvalue weighted by Gasteiger charge is -2.06. The third-order valence-electron chi connectivity index (χ3n) is 3.49. The van der Waals surface area contributed by atoms with Gasteiger partial charge in [-0.3, -0.25) is 0 Å². The fraction of sp³-hybridized carbons (Fsp3) is 0.118. The van der Waals surface area contributed by atoms with Crippen LogP contribution in [0.4, 0.5) is 0 Å². The van der Waals surface area contributed by atoms with Gasteiger partial charge in [-0.25, -0.2) is 4.79 Å². The maximum Gasteiger partial charge on any atom is 0.352 e. The molecule has 0 fully saturated rings. The van der Waals surface area contributed by atoms with E-state index in [4.69, 9.17) is 9.84 Å². The summed E-state index contributed by atoms with van der Waals surface area (Å²) in [4.78, 5) is 14.0. The fourth-order valence-electron chi connectivity index (χ4n) is 2.35. The Bertz CT molecular complexity index is 790. The van der Waals surface area contributed by atoms with Gasteiger partial charge in [0.15, 0.2) is 0 Å². The van der Waals surface area contributed by atoms with Gasteiger partial charge in [0.05, 0.1) is 0 Å². The number of carboxylic acid groups (broad SMARTS) is 1. The minimum Gasteiger partial charge on any atom is -0.489 e. The molecule has 1 aromatic heterocycles. The van der Waals surface area contributed by atoms with Crippen molar-refractivity contribution in [2.24, 2.45) is 0 Å². The number of H-pyrrole nitrogens is 1. The molecule has 0 saturated carbocycles. The molecule has 0 unspecified atom stereocenters. The van der Waals surface area contributed by atoms with Crippen LogP contribution in [-0.2, 0) is 6.61 Å². The lowest BCUT2D eigenvalue weighted by Crippen LogP contribution is -1.98. The standard InChI is InChI=1S/C17H15NO3/c1-11-14-9-13(21-10-12-5-3-2-4-6-12)7-8-15(14)18-16(11)17(19)20/h2-9,18H,10H2,1H3,(H,19,20). The lowest BCUT2D eigenvalue weighted by molar-refractivity contribution is 0.0691. The molecule has 3 aromatic rings. The van der Waals surface area contributed by atoms with Gasteiger partial charge < -0.3 is 14.8 Å². The molecule has 0 aliphatic heterocycles. The summed E-state index contributed by atoms with van der Waals surface area (Å²) in [6, 6.07) is 15.5. The Hall–Kier alpha value is -2.75. The Morgan fingerprint density at radius 1 is 1.19 bits per heavy atom. The number of benzene rings is 2. The number of ether oxygens (including phenoxy) is 1. The number of nitrogens with one attached hydrogen (secondary N) is 1. The summed E-state index contributed by atoms with van der Waals surface area (Å²) in [5.41, 5.74) is 2.85. The van der Waals surface area contributed by atoms with Gasteiger partial charge in [-0.15, -0.1) is 0 Å². The molecule has 4 heteroatoms. The highest BCUT2D eigenvalue weighted by atomic mass is 16.5. The topological polar surface area (TPSA) is 62.3 Å². The molecule has 0 aliphatic carbocycles. The zero-order chi connectivity index (χ0) is 14.8. The molecule has 21 heavy (non-hydrogen) atoms. The van der Waals surface area contributed by atoms with Crippen LogP contribution >= 0.6 is 0 Å². The van der Waals surface area contributed by atoms with Crippen molar-refractivity contribution < 1.29 is 14.6 Å². The average Bonchev–Trinajstić information content (AvgIpc) is 2.83. The van der Waals surface area contributed by atoms with Crippen LogP contribution in [0.3, 0.4) is 0 Å². The Labute approximate surface area is 122 Å². The smallest absolute Gasteiger partial charge is 0.352 e. The number of aryl methyl sites for hydroxylation is 1. The molecule has 106 valence electrons. The van der Waals surface area contributed by atoms with E-state index in [1.165, 1.54) is 0 Å². The molecule has 0 aliphatic rings. The van der Waals surface area contributed by atoms with Crippen molar-refractivity contribution in [3.63, 3.8) is 0 Å². The maximum atomic E-state index is 11.1. The van der Waals surface area contributed by atoms with Crippen LogP contribution in [0.1, 0.15) is 21.6 Å². The summed E-state index contributed by atoms with van der Waals surface area (Å²) in [5.74, 6) is -0.221. The molecule has 4 nitrogen and oxygen atoms in total. The minimum atomic E-state index is -0.949. The van der Waals surface area contributed by atoms with Gasteiger partial charge in [0.2, 0.25) is 0 Å². The van der Waals surface area contributed by atoms with Gasteiger partial charge in [0, 0.05) is 10.9 Å². The van der Waals surface area contributed by atoms with Crippen LogP contribution in [-0.4, -0.2) is 16.1 Å². The number of hydrogen-bond donors (Lipinski definition) is 2. The van der Waals surface area contributed by atoms with Gasteiger partial charge in [0.1, 0.15) is 18.1 Å². The Kier molecular flexibility index (Phi) is 3.36. The highest BCUT2D eigenvalue weighted by Crippen LogP contribution is 2.26. The van der Waals surface area contributed by atoms with Gasteiger partial charge in [-0.1, -0.05) is 30.3 Å². The molecule has 0 bridgehead atoms. The maximum absolute atomic E-state index is 11.1. The first-order chi connectivity index (χ1) is 10.1. The van der Waals surface area contributed by atoms with Gasteiger partial charge in [-0.2, -0.15) is 0 Å². The molecule has 0 amide bonds. The summed E-state index contributed by atoms with van der Waals surface area (Å²) in [7, 11) is 0. The van der Waals surface area contributed by atoms with Crippen molar-refractivity contribution in [3.8, 4) is 5.75 Å². The van der Waals surface area contributed by atoms with Crippen LogP contribution in [0, 0.1) is 6.92 Å². The summed E-state index contributed by atoms with van der Waals surface area (Å²) in [6.45, 7) is 2.28. The Morgan fingerprint density at radius 3 is 2.67 bits per heavy atom. The van der Waals surface area contributed by atoms with Crippen molar-refractivity contribution in [3.05, 3.63) is 65.4 Å². The van der Waals surface area contributed by atoms with Crippen LogP contribution in [0.25, 0.3) is 10.9 Å². The van der Waals surface area contributed by atoms with Gasteiger partial charge in [0.25, 0.3) is 0 Å². The number of rotatable bonds is 4. The first-order valence-electron chi connectivity index (χ1n) is 6.67. The summed E-state index contributed by atoms with van der Waals surface area (Å²) < 4.78 is 5.76. The zero-order valence-corrected chi connectivity index (χ0v) is 11.6. The zero-order valence-electron chi connectivity index (χ0n) is 11.6. The number of fused-ring (bicyclic) bond motifs is 1. The van der Waals surface area contributed by atoms with E-state index in [9.17, 15) is 4.79 Å². The summed E-state index contributed by atoms with van der Waals surface area (Å²) >= 11 is 0. The normalized spacial score (nSPS) is 10.7. The van der Waals surface area contributed by atoms with E-state index in [0.717, 1.165) is 27.8 Å². The van der Waals surface area contributed by atoms with Crippen LogP contribution in [0.5, 0.6) is 5.75 Å². The quantitative estimate of drug-likeness (QED) is 0.765. The molecule has 0 radical (unpaired) electrons. The van der Waals surface area contributed by atoms with Crippen molar-refractivity contribution in [1.82, 2.24) is 4.98 Å². The second kappa shape index (κ2) is 5.32. The Balaban J connectivity index is 1.87. The number of aromatic nitrogens is 1. The summed E-state index contributed by atoms with van der Waals surface area (Å²) in [5, 5.41) is 10.00. The first kappa shape index (κ1) is 13.2. The van der Waals surface area contributed by atoms with E-state index in [1.54, 1.807) is 6.92 Å². The molecule has 0 atom stereocenters. The first-order valence-corrected chi connectivity index (χ1v) is 6.67. The molecule has 0 spiro atoms. The van der Waals surface area contributed by atoms with Crippen LogP contribution < -0.4 is 4.74 Å². The highest BCUT2D eigenvalue weighted by molar-refractivity contribution is 5.97. The van der Waals surface area contributed by atoms with Gasteiger partial charge in [-0.05, 0) is 36.2 Å². The van der Waals surface area contributed by atoms with Crippen molar-refractivity contribution in [2.45, 2.75) is 13.5 Å². The van der Waals surface area contributed by atoms with E-state index in [0.29, 0.717) is 6.61 Å². The second-order valence-electron chi connectivity index (χ2n) is 4.91. The van der Waals surface area contributed by atoms with Crippen molar-refractivity contribution in [1.29, 1.82) is 0 Å². The van der Waals surface area contributed by atoms with E-state index in [2.05, 4.69) is 4.98 Å². The third-order valence-corrected chi connectivity index (χ3v) is 3.49. The van der Waals surface area contributed by atoms with E-state index in [1.807, 2.05) is 48.5 Å².